The Labute approximate surface area is 193 Å². The third-order valence-corrected chi connectivity index (χ3v) is 5.72. The molecule has 0 aromatic heterocycles. The highest BCUT2D eigenvalue weighted by Crippen LogP contribution is 2.37. The van der Waals surface area contributed by atoms with Crippen molar-refractivity contribution in [1.29, 1.82) is 0 Å². The molecule has 0 fully saturated rings. The summed E-state index contributed by atoms with van der Waals surface area (Å²) in [6.07, 6.45) is 0.540. The summed E-state index contributed by atoms with van der Waals surface area (Å²) in [6, 6.07) is 22.9. The van der Waals surface area contributed by atoms with Crippen LogP contribution >= 0.6 is 0 Å². The van der Waals surface area contributed by atoms with Crippen molar-refractivity contribution in [3.8, 4) is 0 Å². The highest BCUT2D eigenvalue weighted by atomic mass is 16.5. The molecule has 3 aromatic rings. The number of ether oxygens (including phenoxy) is 1. The molecule has 7 heteroatoms. The number of carbonyl (C=O) groups excluding carboxylic acids is 1. The summed E-state index contributed by atoms with van der Waals surface area (Å²) >= 11 is 0. The number of nitrogens with two attached hydrogens (primary N) is 2. The molecule has 1 atom stereocenters. The minimum Gasteiger partial charge on any atom is -0.457 e. The van der Waals surface area contributed by atoms with Crippen LogP contribution in [0.1, 0.15) is 23.6 Å². The second kappa shape index (κ2) is 9.85. The molecule has 0 amide bonds. The third-order valence-electron chi connectivity index (χ3n) is 5.72. The van der Waals surface area contributed by atoms with Gasteiger partial charge >= 0.3 is 5.97 Å². The lowest BCUT2D eigenvalue weighted by atomic mass is 9.90. The lowest BCUT2D eigenvalue weighted by Crippen LogP contribution is -2.49. The van der Waals surface area contributed by atoms with Crippen molar-refractivity contribution >= 4 is 22.7 Å². The molecule has 4 N–H and O–H groups in total. The van der Waals surface area contributed by atoms with E-state index in [0.717, 1.165) is 21.9 Å². The van der Waals surface area contributed by atoms with Crippen LogP contribution in [0, 0.1) is 0 Å². The van der Waals surface area contributed by atoms with E-state index in [-0.39, 0.29) is 12.6 Å². The lowest BCUT2D eigenvalue weighted by Gasteiger charge is -2.35. The van der Waals surface area contributed by atoms with Crippen LogP contribution in [0.25, 0.3) is 10.8 Å². The van der Waals surface area contributed by atoms with Gasteiger partial charge in [0, 0.05) is 13.0 Å². The Kier molecular flexibility index (Phi) is 6.72. The smallest absolute Gasteiger partial charge is 0.338 e. The number of esters is 1. The van der Waals surface area contributed by atoms with E-state index in [1.165, 1.54) is 5.01 Å². The van der Waals surface area contributed by atoms with E-state index in [1.54, 1.807) is 0 Å². The summed E-state index contributed by atoms with van der Waals surface area (Å²) < 4.78 is 5.75. The predicted molar refractivity (Wildman–Crippen MR) is 131 cm³/mol. The van der Waals surface area contributed by atoms with Gasteiger partial charge in [-0.2, -0.15) is 0 Å². The number of nitrogens with zero attached hydrogens (tertiary/aromatic N) is 3. The van der Waals surface area contributed by atoms with Gasteiger partial charge in [0.1, 0.15) is 12.6 Å². The topological polar surface area (TPSA) is 97.2 Å². The van der Waals surface area contributed by atoms with Crippen LogP contribution in [-0.2, 0) is 16.1 Å². The number of aliphatic imine (C=N–C) groups is 1. The summed E-state index contributed by atoms with van der Waals surface area (Å²) in [7, 11) is 3.95. The fourth-order valence-corrected chi connectivity index (χ4v) is 4.03. The first-order valence-electron chi connectivity index (χ1n) is 10.9. The highest BCUT2D eigenvalue weighted by Gasteiger charge is 2.36. The van der Waals surface area contributed by atoms with E-state index in [4.69, 9.17) is 16.3 Å². The molecular weight excluding hydrogens is 414 g/mol. The fourth-order valence-electron chi connectivity index (χ4n) is 4.03. The molecule has 7 nitrogen and oxygen atoms in total. The van der Waals surface area contributed by atoms with Gasteiger partial charge in [-0.3, -0.25) is 5.01 Å². The zero-order chi connectivity index (χ0) is 23.4. The van der Waals surface area contributed by atoms with Gasteiger partial charge in [0.05, 0.1) is 11.3 Å². The molecule has 1 aliphatic rings. The van der Waals surface area contributed by atoms with Gasteiger partial charge in [0.2, 0.25) is 5.96 Å². The van der Waals surface area contributed by atoms with Crippen molar-refractivity contribution in [1.82, 2.24) is 9.91 Å². The number of hydrazine groups is 1. The van der Waals surface area contributed by atoms with Crippen molar-refractivity contribution < 1.29 is 9.53 Å². The van der Waals surface area contributed by atoms with E-state index < -0.39 is 12.0 Å². The van der Waals surface area contributed by atoms with Gasteiger partial charge in [-0.05, 0) is 36.0 Å². The fraction of sp³-hybridized carbons (Fsp3) is 0.231. The van der Waals surface area contributed by atoms with E-state index in [9.17, 15) is 4.79 Å². The zero-order valence-electron chi connectivity index (χ0n) is 18.9. The molecule has 0 saturated heterocycles. The van der Waals surface area contributed by atoms with Crippen LogP contribution in [0.15, 0.2) is 89.1 Å². The molecule has 1 unspecified atom stereocenters. The molecule has 0 saturated carbocycles. The first-order chi connectivity index (χ1) is 16.0. The summed E-state index contributed by atoms with van der Waals surface area (Å²) in [4.78, 5) is 20.0. The Bertz CT molecular complexity index is 1200. The summed E-state index contributed by atoms with van der Waals surface area (Å²) in [5.41, 5.74) is 9.02. The summed E-state index contributed by atoms with van der Waals surface area (Å²) in [5.74, 6) is 6.15. The SMILES string of the molecule is CN(C)CCC1=C(C(=O)OCc2ccccc2)C(c2cccc3ccccc23)N(N)C(N)=N1. The maximum Gasteiger partial charge on any atom is 0.338 e. The Balaban J connectivity index is 1.79. The number of carbonyl (C=O) groups is 1. The molecule has 0 aliphatic carbocycles. The van der Waals surface area contributed by atoms with Gasteiger partial charge in [0.25, 0.3) is 0 Å². The largest absolute Gasteiger partial charge is 0.457 e. The van der Waals surface area contributed by atoms with Crippen LogP contribution in [0.2, 0.25) is 0 Å². The summed E-state index contributed by atoms with van der Waals surface area (Å²) in [6.45, 7) is 0.866. The molecule has 1 heterocycles. The van der Waals surface area contributed by atoms with Gasteiger partial charge in [0.15, 0.2) is 0 Å². The first kappa shape index (κ1) is 22.5. The number of guanidine groups is 1. The Morgan fingerprint density at radius 1 is 1.03 bits per heavy atom. The van der Waals surface area contributed by atoms with Crippen molar-refractivity contribution in [2.24, 2.45) is 16.6 Å². The molecule has 33 heavy (non-hydrogen) atoms. The molecule has 3 aromatic carbocycles. The molecular formula is C26H29N5O2. The predicted octanol–water partition coefficient (Wildman–Crippen LogP) is 3.33. The van der Waals surface area contributed by atoms with Gasteiger partial charge < -0.3 is 15.4 Å². The van der Waals surface area contributed by atoms with Crippen LogP contribution in [0.5, 0.6) is 0 Å². The molecule has 1 aliphatic heterocycles. The maximum atomic E-state index is 13.5. The molecule has 4 rings (SSSR count). The van der Waals surface area contributed by atoms with Crippen LogP contribution < -0.4 is 11.6 Å². The van der Waals surface area contributed by atoms with Gasteiger partial charge in [-0.25, -0.2) is 15.6 Å². The minimum absolute atomic E-state index is 0.163. The molecule has 0 spiro atoms. The second-order valence-corrected chi connectivity index (χ2v) is 8.32. The normalized spacial score (nSPS) is 16.3. The Morgan fingerprint density at radius 3 is 2.48 bits per heavy atom. The monoisotopic (exact) mass is 443 g/mol. The van der Waals surface area contributed by atoms with Gasteiger partial charge in [-0.15, -0.1) is 0 Å². The summed E-state index contributed by atoms with van der Waals surface area (Å²) in [5, 5.41) is 3.41. The highest BCUT2D eigenvalue weighted by molar-refractivity contribution is 5.97. The zero-order valence-corrected chi connectivity index (χ0v) is 18.9. The lowest BCUT2D eigenvalue weighted by molar-refractivity contribution is -0.141. The molecule has 0 bridgehead atoms. The van der Waals surface area contributed by atoms with Crippen LogP contribution in [0.3, 0.4) is 0 Å². The van der Waals surface area contributed by atoms with Crippen molar-refractivity contribution in [3.63, 3.8) is 0 Å². The first-order valence-corrected chi connectivity index (χ1v) is 10.9. The second-order valence-electron chi connectivity index (χ2n) is 8.32. The Hall–Kier alpha value is -3.68. The maximum absolute atomic E-state index is 13.5. The number of hydrogen-bond acceptors (Lipinski definition) is 7. The van der Waals surface area contributed by atoms with Crippen molar-refractivity contribution in [3.05, 3.63) is 95.2 Å². The average molecular weight is 444 g/mol. The van der Waals surface area contributed by atoms with Crippen LogP contribution in [-0.4, -0.2) is 42.5 Å². The van der Waals surface area contributed by atoms with E-state index in [2.05, 4.69) is 4.99 Å². The number of rotatable bonds is 7. The molecule has 0 radical (unpaired) electrons. The van der Waals surface area contributed by atoms with E-state index >= 15 is 0 Å². The van der Waals surface area contributed by atoms with Crippen molar-refractivity contribution in [2.45, 2.75) is 19.1 Å². The number of hydrogen-bond donors (Lipinski definition) is 2. The standard InChI is InChI=1S/C26H29N5O2/c1-30(2)16-15-22-23(25(32)33-17-18-9-4-3-5-10-18)24(31(28)26(27)29-22)21-14-8-12-19-11-6-7-13-20(19)21/h3-14,24H,15-17,28H2,1-2H3,(H2,27,29). The van der Waals surface area contributed by atoms with E-state index in [0.29, 0.717) is 24.2 Å². The quantitative estimate of drug-likeness (QED) is 0.429. The number of fused-ring (bicyclic) bond motifs is 1. The third kappa shape index (κ3) is 4.89. The average Bonchev–Trinajstić information content (AvgIpc) is 2.83. The van der Waals surface area contributed by atoms with Crippen LogP contribution in [0.4, 0.5) is 0 Å². The number of benzene rings is 3. The minimum atomic E-state index is -0.617. The van der Waals surface area contributed by atoms with Gasteiger partial charge in [-0.1, -0.05) is 72.8 Å². The van der Waals surface area contributed by atoms with Crippen molar-refractivity contribution in [2.75, 3.05) is 20.6 Å². The molecule has 170 valence electrons. The van der Waals surface area contributed by atoms with E-state index in [1.807, 2.05) is 91.8 Å². The Morgan fingerprint density at radius 2 is 1.73 bits per heavy atom.